The molecular weight excluding hydrogens is 362 g/mol. The summed E-state index contributed by atoms with van der Waals surface area (Å²) in [7, 11) is 0. The third-order valence-electron chi connectivity index (χ3n) is 4.97. The molecule has 0 spiro atoms. The van der Waals surface area contributed by atoms with Gasteiger partial charge in [-0.1, -0.05) is 48.5 Å². The van der Waals surface area contributed by atoms with E-state index in [4.69, 9.17) is 11.6 Å². The van der Waals surface area contributed by atoms with Crippen molar-refractivity contribution in [2.75, 3.05) is 5.32 Å². The Morgan fingerprint density at radius 1 is 1.19 bits per heavy atom. The van der Waals surface area contributed by atoms with Crippen LogP contribution in [-0.4, -0.2) is 32.1 Å². The SMILES string of the molecule is C=C(Cl)c1ccc(-c2nnc(NC3CC(C)(O)C3)c3ccccc23)c(O)c1. The minimum absolute atomic E-state index is 0.0736. The van der Waals surface area contributed by atoms with Crippen molar-refractivity contribution < 1.29 is 10.2 Å². The van der Waals surface area contributed by atoms with Gasteiger partial charge < -0.3 is 15.5 Å². The lowest BCUT2D eigenvalue weighted by Gasteiger charge is -2.41. The lowest BCUT2D eigenvalue weighted by atomic mass is 9.77. The van der Waals surface area contributed by atoms with E-state index in [-0.39, 0.29) is 11.8 Å². The quantitative estimate of drug-likeness (QED) is 0.618. The molecule has 3 aromatic rings. The van der Waals surface area contributed by atoms with Crippen molar-refractivity contribution in [1.82, 2.24) is 10.2 Å². The summed E-state index contributed by atoms with van der Waals surface area (Å²) in [5, 5.41) is 34.7. The van der Waals surface area contributed by atoms with Gasteiger partial charge in [0.25, 0.3) is 0 Å². The highest BCUT2D eigenvalue weighted by molar-refractivity contribution is 6.48. The van der Waals surface area contributed by atoms with Crippen LogP contribution in [0, 0.1) is 0 Å². The Morgan fingerprint density at radius 2 is 1.89 bits per heavy atom. The number of rotatable bonds is 4. The van der Waals surface area contributed by atoms with E-state index in [0.717, 1.165) is 10.8 Å². The molecule has 0 amide bonds. The van der Waals surface area contributed by atoms with Crippen LogP contribution < -0.4 is 5.32 Å². The largest absolute Gasteiger partial charge is 0.507 e. The van der Waals surface area contributed by atoms with Gasteiger partial charge in [-0.2, -0.15) is 0 Å². The Morgan fingerprint density at radius 3 is 2.52 bits per heavy atom. The van der Waals surface area contributed by atoms with Crippen LogP contribution >= 0.6 is 11.6 Å². The summed E-state index contributed by atoms with van der Waals surface area (Å²) in [6, 6.07) is 13.1. The van der Waals surface area contributed by atoms with Gasteiger partial charge >= 0.3 is 0 Å². The van der Waals surface area contributed by atoms with Crippen molar-refractivity contribution in [3.63, 3.8) is 0 Å². The number of fused-ring (bicyclic) bond motifs is 1. The zero-order valence-electron chi connectivity index (χ0n) is 14.9. The third-order valence-corrected chi connectivity index (χ3v) is 5.18. The monoisotopic (exact) mass is 381 g/mol. The van der Waals surface area contributed by atoms with Gasteiger partial charge in [0, 0.05) is 27.4 Å². The van der Waals surface area contributed by atoms with Crippen LogP contribution in [0.3, 0.4) is 0 Å². The number of anilines is 1. The molecule has 0 unspecified atom stereocenters. The fraction of sp³-hybridized carbons (Fsp3) is 0.238. The summed E-state index contributed by atoms with van der Waals surface area (Å²) in [5.74, 6) is 0.754. The molecule has 6 heteroatoms. The summed E-state index contributed by atoms with van der Waals surface area (Å²) < 4.78 is 0. The molecule has 27 heavy (non-hydrogen) atoms. The Bertz CT molecular complexity index is 1040. The summed E-state index contributed by atoms with van der Waals surface area (Å²) in [5.41, 5.74) is 1.23. The average molecular weight is 382 g/mol. The number of aromatic nitrogens is 2. The van der Waals surface area contributed by atoms with Crippen molar-refractivity contribution in [1.29, 1.82) is 0 Å². The van der Waals surface area contributed by atoms with E-state index < -0.39 is 5.60 Å². The number of phenolic OH excluding ortho intramolecular Hbond substituents is 1. The van der Waals surface area contributed by atoms with Gasteiger partial charge in [-0.25, -0.2) is 0 Å². The zero-order valence-corrected chi connectivity index (χ0v) is 15.7. The van der Waals surface area contributed by atoms with Gasteiger partial charge in [0.15, 0.2) is 5.82 Å². The number of halogens is 1. The summed E-state index contributed by atoms with van der Waals surface area (Å²) in [6.45, 7) is 5.52. The minimum atomic E-state index is -0.610. The molecule has 0 atom stereocenters. The fourth-order valence-corrected chi connectivity index (χ4v) is 3.72. The number of phenols is 1. The molecule has 0 aliphatic heterocycles. The van der Waals surface area contributed by atoms with Gasteiger partial charge in [0.05, 0.1) is 5.60 Å². The van der Waals surface area contributed by atoms with Crippen molar-refractivity contribution >= 4 is 33.2 Å². The zero-order chi connectivity index (χ0) is 19.2. The topological polar surface area (TPSA) is 78.3 Å². The lowest BCUT2D eigenvalue weighted by Crippen LogP contribution is -2.48. The lowest BCUT2D eigenvalue weighted by molar-refractivity contribution is -0.0235. The van der Waals surface area contributed by atoms with Crippen molar-refractivity contribution in [3.8, 4) is 17.0 Å². The van der Waals surface area contributed by atoms with Gasteiger partial charge in [0.1, 0.15) is 11.4 Å². The highest BCUT2D eigenvalue weighted by Crippen LogP contribution is 2.38. The van der Waals surface area contributed by atoms with E-state index in [1.54, 1.807) is 18.2 Å². The number of aliphatic hydroxyl groups is 1. The number of aromatic hydroxyl groups is 1. The first-order valence-corrected chi connectivity index (χ1v) is 9.14. The Balaban J connectivity index is 1.75. The second kappa shape index (κ2) is 6.51. The van der Waals surface area contributed by atoms with Gasteiger partial charge in [0.2, 0.25) is 0 Å². The Labute approximate surface area is 162 Å². The smallest absolute Gasteiger partial charge is 0.156 e. The van der Waals surface area contributed by atoms with Crippen LogP contribution in [0.2, 0.25) is 0 Å². The molecule has 5 nitrogen and oxygen atoms in total. The summed E-state index contributed by atoms with van der Waals surface area (Å²) >= 11 is 5.92. The molecule has 1 aliphatic carbocycles. The van der Waals surface area contributed by atoms with Crippen LogP contribution in [0.5, 0.6) is 5.75 Å². The molecule has 4 rings (SSSR count). The maximum atomic E-state index is 10.5. The van der Waals surface area contributed by atoms with E-state index >= 15 is 0 Å². The number of hydrogen-bond donors (Lipinski definition) is 3. The standard InChI is InChI=1S/C21H20ClN3O2/c1-12(22)13-7-8-17(18(26)9-13)19-15-5-3-4-6-16(15)20(25-24-19)23-14-10-21(2,27)11-14/h3-9,14,26-27H,1,10-11H2,2H3,(H,23,25). The predicted octanol–water partition coefficient (Wildman–Crippen LogP) is 4.54. The van der Waals surface area contributed by atoms with Gasteiger partial charge in [-0.05, 0) is 37.5 Å². The number of benzene rings is 2. The van der Waals surface area contributed by atoms with Crippen LogP contribution in [-0.2, 0) is 0 Å². The molecule has 1 aromatic heterocycles. The molecule has 138 valence electrons. The van der Waals surface area contributed by atoms with E-state index in [0.29, 0.717) is 40.5 Å². The van der Waals surface area contributed by atoms with Crippen LogP contribution in [0.15, 0.2) is 49.0 Å². The maximum Gasteiger partial charge on any atom is 0.156 e. The normalized spacial score (nSPS) is 21.7. The van der Waals surface area contributed by atoms with E-state index in [1.165, 1.54) is 0 Å². The van der Waals surface area contributed by atoms with Gasteiger partial charge in [-0.3, -0.25) is 0 Å². The number of nitrogens with zero attached hydrogens (tertiary/aromatic N) is 2. The van der Waals surface area contributed by atoms with Crippen LogP contribution in [0.25, 0.3) is 27.1 Å². The van der Waals surface area contributed by atoms with Crippen molar-refractivity contribution in [2.45, 2.75) is 31.4 Å². The first kappa shape index (κ1) is 17.8. The molecule has 1 saturated carbocycles. The van der Waals surface area contributed by atoms with Gasteiger partial charge in [-0.15, -0.1) is 10.2 Å². The summed E-state index contributed by atoms with van der Waals surface area (Å²) in [4.78, 5) is 0. The summed E-state index contributed by atoms with van der Waals surface area (Å²) in [6.07, 6.45) is 1.35. The molecule has 2 aromatic carbocycles. The molecular formula is C21H20ClN3O2. The molecule has 0 saturated heterocycles. The molecule has 1 aliphatic rings. The Kier molecular flexibility index (Phi) is 4.29. The second-order valence-corrected chi connectivity index (χ2v) is 7.78. The minimum Gasteiger partial charge on any atom is -0.507 e. The third kappa shape index (κ3) is 3.36. The molecule has 1 fully saturated rings. The molecule has 0 radical (unpaired) electrons. The number of hydrogen-bond acceptors (Lipinski definition) is 5. The predicted molar refractivity (Wildman–Crippen MR) is 109 cm³/mol. The van der Waals surface area contributed by atoms with Crippen molar-refractivity contribution in [2.24, 2.45) is 0 Å². The van der Waals surface area contributed by atoms with E-state index in [2.05, 4.69) is 22.1 Å². The van der Waals surface area contributed by atoms with Crippen LogP contribution in [0.4, 0.5) is 5.82 Å². The molecule has 0 bridgehead atoms. The first-order chi connectivity index (χ1) is 12.8. The maximum absolute atomic E-state index is 10.5. The second-order valence-electron chi connectivity index (χ2n) is 7.33. The first-order valence-electron chi connectivity index (χ1n) is 8.76. The highest BCUT2D eigenvalue weighted by Gasteiger charge is 2.38. The molecule has 3 N–H and O–H groups in total. The van der Waals surface area contributed by atoms with E-state index in [1.807, 2.05) is 31.2 Å². The van der Waals surface area contributed by atoms with E-state index in [9.17, 15) is 10.2 Å². The average Bonchev–Trinajstić information content (AvgIpc) is 2.60. The Hall–Kier alpha value is -2.63. The number of nitrogens with one attached hydrogen (secondary N) is 1. The van der Waals surface area contributed by atoms with Crippen molar-refractivity contribution in [3.05, 3.63) is 54.6 Å². The molecule has 1 heterocycles. The van der Waals surface area contributed by atoms with Crippen LogP contribution in [0.1, 0.15) is 25.3 Å². The highest BCUT2D eigenvalue weighted by atomic mass is 35.5. The fourth-order valence-electron chi connectivity index (χ4n) is 3.61.